The molecule has 2 heterocycles. The lowest BCUT2D eigenvalue weighted by Gasteiger charge is -2.18. The fourth-order valence-electron chi connectivity index (χ4n) is 2.08. The number of amidine groups is 1. The molecule has 88 valence electrons. The Hall–Kier alpha value is -0.900. The van der Waals surface area contributed by atoms with Gasteiger partial charge in [-0.05, 0) is 33.6 Å². The van der Waals surface area contributed by atoms with Crippen LogP contribution < -0.4 is 5.32 Å². The summed E-state index contributed by atoms with van der Waals surface area (Å²) in [5, 5.41) is 4.65. The summed E-state index contributed by atoms with van der Waals surface area (Å²) in [7, 11) is 0. The van der Waals surface area contributed by atoms with Gasteiger partial charge in [-0.3, -0.25) is 4.99 Å². The summed E-state index contributed by atoms with van der Waals surface area (Å²) in [6, 6.07) is 0.336. The third-order valence-corrected chi connectivity index (χ3v) is 4.10. The molecule has 16 heavy (non-hydrogen) atoms. The molecule has 1 aliphatic rings. The van der Waals surface area contributed by atoms with Gasteiger partial charge < -0.3 is 5.32 Å². The van der Waals surface area contributed by atoms with Crippen molar-refractivity contribution in [1.82, 2.24) is 10.3 Å². The van der Waals surface area contributed by atoms with Crippen LogP contribution in [-0.4, -0.2) is 17.4 Å². The third-order valence-electron chi connectivity index (χ3n) is 2.84. The first kappa shape index (κ1) is 11.6. The topological polar surface area (TPSA) is 37.3 Å². The zero-order valence-corrected chi connectivity index (χ0v) is 11.0. The Morgan fingerprint density at radius 2 is 2.12 bits per heavy atom. The molecule has 0 spiro atoms. The number of hydrogen-bond acceptors (Lipinski definition) is 4. The number of aromatic nitrogens is 1. The molecule has 1 aromatic heterocycles. The Labute approximate surface area is 101 Å². The maximum Gasteiger partial charge on any atom is 0.0968 e. The second kappa shape index (κ2) is 4.95. The molecule has 0 fully saturated rings. The van der Waals surface area contributed by atoms with Crippen molar-refractivity contribution in [1.29, 1.82) is 0 Å². The predicted octanol–water partition coefficient (Wildman–Crippen LogP) is 2.99. The SMILES string of the molecule is Cc1nc(C)c(C(C)NC2=NCCCC2)s1. The summed E-state index contributed by atoms with van der Waals surface area (Å²) >= 11 is 1.78. The number of nitrogens with zero attached hydrogens (tertiary/aromatic N) is 2. The van der Waals surface area contributed by atoms with Gasteiger partial charge in [-0.2, -0.15) is 0 Å². The van der Waals surface area contributed by atoms with E-state index in [4.69, 9.17) is 0 Å². The molecule has 1 aliphatic heterocycles. The van der Waals surface area contributed by atoms with Gasteiger partial charge in [0, 0.05) is 17.8 Å². The third kappa shape index (κ3) is 2.61. The number of hydrogen-bond donors (Lipinski definition) is 1. The van der Waals surface area contributed by atoms with Gasteiger partial charge in [-0.25, -0.2) is 4.98 Å². The molecule has 1 aromatic rings. The lowest BCUT2D eigenvalue weighted by molar-refractivity contribution is 0.660. The quantitative estimate of drug-likeness (QED) is 0.858. The van der Waals surface area contributed by atoms with Crippen molar-refractivity contribution >= 4 is 17.2 Å². The second-order valence-electron chi connectivity index (χ2n) is 4.33. The lowest BCUT2D eigenvalue weighted by atomic mass is 10.1. The molecule has 0 amide bonds. The highest BCUT2D eigenvalue weighted by molar-refractivity contribution is 7.11. The van der Waals surface area contributed by atoms with E-state index in [1.54, 1.807) is 11.3 Å². The molecule has 1 unspecified atom stereocenters. The fraction of sp³-hybridized carbons (Fsp3) is 0.667. The summed E-state index contributed by atoms with van der Waals surface area (Å²) in [4.78, 5) is 10.3. The highest BCUT2D eigenvalue weighted by Crippen LogP contribution is 2.24. The molecule has 0 saturated carbocycles. The molecule has 3 nitrogen and oxygen atoms in total. The predicted molar refractivity (Wildman–Crippen MR) is 69.3 cm³/mol. The van der Waals surface area contributed by atoms with E-state index in [9.17, 15) is 0 Å². The largest absolute Gasteiger partial charge is 0.366 e. The fourth-order valence-corrected chi connectivity index (χ4v) is 3.01. The minimum absolute atomic E-state index is 0.336. The number of rotatable bonds is 2. The van der Waals surface area contributed by atoms with Crippen LogP contribution in [0.1, 0.15) is 47.8 Å². The van der Waals surface area contributed by atoms with Gasteiger partial charge in [0.15, 0.2) is 0 Å². The van der Waals surface area contributed by atoms with E-state index in [1.807, 2.05) is 0 Å². The Morgan fingerprint density at radius 1 is 1.31 bits per heavy atom. The summed E-state index contributed by atoms with van der Waals surface area (Å²) in [6.45, 7) is 7.32. The van der Waals surface area contributed by atoms with Gasteiger partial charge in [-0.15, -0.1) is 11.3 Å². The number of aliphatic imine (C=N–C) groups is 1. The van der Waals surface area contributed by atoms with E-state index < -0.39 is 0 Å². The van der Waals surface area contributed by atoms with E-state index >= 15 is 0 Å². The number of aryl methyl sites for hydroxylation is 2. The minimum atomic E-state index is 0.336. The first-order valence-corrected chi connectivity index (χ1v) is 6.72. The zero-order valence-electron chi connectivity index (χ0n) is 10.2. The van der Waals surface area contributed by atoms with Crippen LogP contribution in [0.15, 0.2) is 4.99 Å². The molecular formula is C12H19N3S. The second-order valence-corrected chi connectivity index (χ2v) is 5.57. The van der Waals surface area contributed by atoms with Crippen LogP contribution in [0.4, 0.5) is 0 Å². The average Bonchev–Trinajstić information content (AvgIpc) is 2.59. The van der Waals surface area contributed by atoms with Crippen molar-refractivity contribution in [2.45, 2.75) is 46.1 Å². The maximum absolute atomic E-state index is 4.52. The molecule has 0 radical (unpaired) electrons. The van der Waals surface area contributed by atoms with Gasteiger partial charge in [0.25, 0.3) is 0 Å². The Bertz CT molecular complexity index is 395. The van der Waals surface area contributed by atoms with Crippen LogP contribution in [0, 0.1) is 13.8 Å². The van der Waals surface area contributed by atoms with E-state index in [0.29, 0.717) is 6.04 Å². The van der Waals surface area contributed by atoms with E-state index in [2.05, 4.69) is 36.1 Å². The Morgan fingerprint density at radius 3 is 2.69 bits per heavy atom. The number of thiazole rings is 1. The molecule has 2 rings (SSSR count). The lowest BCUT2D eigenvalue weighted by Crippen LogP contribution is -2.28. The molecule has 0 aromatic carbocycles. The molecule has 0 aliphatic carbocycles. The van der Waals surface area contributed by atoms with E-state index in [0.717, 1.165) is 23.7 Å². The molecular weight excluding hydrogens is 218 g/mol. The van der Waals surface area contributed by atoms with Gasteiger partial charge in [0.1, 0.15) is 0 Å². The standard InChI is InChI=1S/C12H19N3S/c1-8-12(16-10(3)14-8)9(2)15-11-6-4-5-7-13-11/h9H,4-7H2,1-3H3,(H,13,15). The first-order chi connectivity index (χ1) is 7.66. The van der Waals surface area contributed by atoms with Crippen LogP contribution in [-0.2, 0) is 0 Å². The van der Waals surface area contributed by atoms with Gasteiger partial charge in [-0.1, -0.05) is 0 Å². The highest BCUT2D eigenvalue weighted by Gasteiger charge is 2.15. The molecule has 0 bridgehead atoms. The summed E-state index contributed by atoms with van der Waals surface area (Å²) in [6.07, 6.45) is 3.60. The normalized spacial score (nSPS) is 18.1. The van der Waals surface area contributed by atoms with Crippen molar-refractivity contribution in [3.05, 3.63) is 15.6 Å². The zero-order chi connectivity index (χ0) is 11.5. The highest BCUT2D eigenvalue weighted by atomic mass is 32.1. The monoisotopic (exact) mass is 237 g/mol. The van der Waals surface area contributed by atoms with Crippen molar-refractivity contribution in [2.24, 2.45) is 4.99 Å². The van der Waals surface area contributed by atoms with Gasteiger partial charge in [0.05, 0.1) is 22.6 Å². The molecule has 0 saturated heterocycles. The van der Waals surface area contributed by atoms with Crippen molar-refractivity contribution in [3.8, 4) is 0 Å². The number of nitrogens with one attached hydrogen (secondary N) is 1. The first-order valence-electron chi connectivity index (χ1n) is 5.90. The Kier molecular flexibility index (Phi) is 3.59. The van der Waals surface area contributed by atoms with Crippen LogP contribution >= 0.6 is 11.3 Å². The summed E-state index contributed by atoms with van der Waals surface area (Å²) in [5.41, 5.74) is 1.15. The Balaban J connectivity index is 2.04. The van der Waals surface area contributed by atoms with Crippen LogP contribution in [0.5, 0.6) is 0 Å². The van der Waals surface area contributed by atoms with Gasteiger partial charge >= 0.3 is 0 Å². The maximum atomic E-state index is 4.52. The van der Waals surface area contributed by atoms with Crippen molar-refractivity contribution < 1.29 is 0 Å². The molecule has 1 atom stereocenters. The van der Waals surface area contributed by atoms with Crippen LogP contribution in [0.25, 0.3) is 0 Å². The van der Waals surface area contributed by atoms with Gasteiger partial charge in [0.2, 0.25) is 0 Å². The van der Waals surface area contributed by atoms with E-state index in [1.165, 1.54) is 23.6 Å². The average molecular weight is 237 g/mol. The minimum Gasteiger partial charge on any atom is -0.366 e. The molecule has 1 N–H and O–H groups in total. The smallest absolute Gasteiger partial charge is 0.0968 e. The molecule has 4 heteroatoms. The van der Waals surface area contributed by atoms with Crippen LogP contribution in [0.3, 0.4) is 0 Å². The van der Waals surface area contributed by atoms with Crippen LogP contribution in [0.2, 0.25) is 0 Å². The summed E-state index contributed by atoms with van der Waals surface area (Å²) in [5.74, 6) is 1.17. The van der Waals surface area contributed by atoms with E-state index in [-0.39, 0.29) is 0 Å². The summed E-state index contributed by atoms with van der Waals surface area (Å²) < 4.78 is 0. The van der Waals surface area contributed by atoms with Crippen molar-refractivity contribution in [2.75, 3.05) is 6.54 Å². The van der Waals surface area contributed by atoms with Crippen molar-refractivity contribution in [3.63, 3.8) is 0 Å².